The Morgan fingerprint density at radius 3 is 2.35 bits per heavy atom. The molecule has 3 N–H and O–H groups in total. The number of sulfonamides is 1. The zero-order valence-electron chi connectivity index (χ0n) is 21.5. The van der Waals surface area contributed by atoms with Gasteiger partial charge in [0.25, 0.3) is 5.91 Å². The first-order chi connectivity index (χ1) is 17.4. The number of methoxy groups -OCH3 is 1. The Hall–Kier alpha value is -3.02. The van der Waals surface area contributed by atoms with Crippen LogP contribution < -0.4 is 20.1 Å². The minimum absolute atomic E-state index is 0.0610. The molecule has 1 aliphatic rings. The Labute approximate surface area is 217 Å². The van der Waals surface area contributed by atoms with E-state index in [1.807, 2.05) is 0 Å². The molecular formula is C26H34FN3O6S. The van der Waals surface area contributed by atoms with Crippen LogP contribution in [0.4, 0.5) is 10.1 Å². The summed E-state index contributed by atoms with van der Waals surface area (Å²) in [5.74, 6) is -1.20. The zero-order valence-corrected chi connectivity index (χ0v) is 22.3. The van der Waals surface area contributed by atoms with Gasteiger partial charge < -0.3 is 20.1 Å². The van der Waals surface area contributed by atoms with Crippen molar-refractivity contribution in [3.63, 3.8) is 0 Å². The van der Waals surface area contributed by atoms with Gasteiger partial charge in [-0.1, -0.05) is 0 Å². The summed E-state index contributed by atoms with van der Waals surface area (Å²) in [6, 6.07) is 8.42. The molecule has 0 aromatic heterocycles. The summed E-state index contributed by atoms with van der Waals surface area (Å²) in [6.45, 7) is 6.35. The molecule has 0 radical (unpaired) electrons. The molecule has 2 amide bonds. The molecule has 0 aliphatic carbocycles. The lowest BCUT2D eigenvalue weighted by Crippen LogP contribution is -2.45. The number of rotatable bonds is 9. The summed E-state index contributed by atoms with van der Waals surface area (Å²) >= 11 is 0. The van der Waals surface area contributed by atoms with E-state index in [1.54, 1.807) is 20.8 Å². The van der Waals surface area contributed by atoms with Crippen LogP contribution in [-0.2, 0) is 19.6 Å². The average Bonchev–Trinajstić information content (AvgIpc) is 2.83. The van der Waals surface area contributed by atoms with Crippen LogP contribution in [0.1, 0.15) is 50.4 Å². The molecule has 1 fully saturated rings. The zero-order chi connectivity index (χ0) is 27.2. The first-order valence-corrected chi connectivity index (χ1v) is 13.5. The molecule has 2 aromatic rings. The van der Waals surface area contributed by atoms with Gasteiger partial charge in [-0.15, -0.1) is 0 Å². The maximum Gasteiger partial charge on any atom is 0.251 e. The van der Waals surface area contributed by atoms with Gasteiger partial charge in [0, 0.05) is 36.1 Å². The first-order valence-electron chi connectivity index (χ1n) is 12.0. The largest absolute Gasteiger partial charge is 0.495 e. The lowest BCUT2D eigenvalue weighted by Gasteiger charge is -2.27. The van der Waals surface area contributed by atoms with Crippen molar-refractivity contribution in [2.24, 2.45) is 5.92 Å². The SMILES string of the molecule is COc1cc(NC(=O)C(CC2CCOCC2)NC(=O)c2ccc(F)cc2)ccc1S(=O)(=O)NC(C)(C)C. The van der Waals surface area contributed by atoms with E-state index in [4.69, 9.17) is 9.47 Å². The maximum absolute atomic E-state index is 13.3. The Balaban J connectivity index is 1.80. The molecule has 2 aromatic carbocycles. The van der Waals surface area contributed by atoms with Gasteiger partial charge in [-0.05, 0) is 82.3 Å². The lowest BCUT2D eigenvalue weighted by atomic mass is 9.92. The summed E-state index contributed by atoms with van der Waals surface area (Å²) < 4.78 is 52.2. The summed E-state index contributed by atoms with van der Waals surface area (Å²) in [5.41, 5.74) is -0.157. The normalized spacial score (nSPS) is 15.6. The van der Waals surface area contributed by atoms with Crippen molar-refractivity contribution in [3.8, 4) is 5.75 Å². The van der Waals surface area contributed by atoms with Crippen LogP contribution >= 0.6 is 0 Å². The van der Waals surface area contributed by atoms with Crippen molar-refractivity contribution in [3.05, 3.63) is 53.8 Å². The topological polar surface area (TPSA) is 123 Å². The first kappa shape index (κ1) is 28.5. The van der Waals surface area contributed by atoms with Gasteiger partial charge >= 0.3 is 0 Å². The number of anilines is 1. The van der Waals surface area contributed by atoms with Crippen LogP contribution in [0, 0.1) is 11.7 Å². The monoisotopic (exact) mass is 535 g/mol. The van der Waals surface area contributed by atoms with Crippen molar-refractivity contribution < 1.29 is 31.9 Å². The van der Waals surface area contributed by atoms with E-state index < -0.39 is 39.2 Å². The summed E-state index contributed by atoms with van der Waals surface area (Å²) in [7, 11) is -2.53. The Morgan fingerprint density at radius 1 is 1.11 bits per heavy atom. The number of hydrogen-bond acceptors (Lipinski definition) is 6. The summed E-state index contributed by atoms with van der Waals surface area (Å²) in [6.07, 6.45) is 1.91. The molecule has 1 unspecified atom stereocenters. The molecule has 0 bridgehead atoms. The van der Waals surface area contributed by atoms with Crippen LogP contribution in [0.25, 0.3) is 0 Å². The van der Waals surface area contributed by atoms with Crippen LogP contribution in [0.15, 0.2) is 47.4 Å². The van der Waals surface area contributed by atoms with Crippen molar-refractivity contribution in [1.29, 1.82) is 0 Å². The van der Waals surface area contributed by atoms with E-state index in [0.29, 0.717) is 25.3 Å². The number of benzene rings is 2. The third-order valence-electron chi connectivity index (χ3n) is 5.80. The average molecular weight is 536 g/mol. The fourth-order valence-electron chi connectivity index (χ4n) is 4.04. The van der Waals surface area contributed by atoms with Crippen LogP contribution in [0.5, 0.6) is 5.75 Å². The predicted octanol–water partition coefficient (Wildman–Crippen LogP) is 3.46. The highest BCUT2D eigenvalue weighted by molar-refractivity contribution is 7.89. The molecular weight excluding hydrogens is 501 g/mol. The van der Waals surface area contributed by atoms with Crippen LogP contribution in [-0.4, -0.2) is 52.1 Å². The van der Waals surface area contributed by atoms with E-state index in [9.17, 15) is 22.4 Å². The second-order valence-corrected chi connectivity index (χ2v) is 11.7. The van der Waals surface area contributed by atoms with E-state index in [2.05, 4.69) is 15.4 Å². The molecule has 1 saturated heterocycles. The van der Waals surface area contributed by atoms with Crippen molar-refractivity contribution in [1.82, 2.24) is 10.0 Å². The van der Waals surface area contributed by atoms with Crippen molar-refractivity contribution >= 4 is 27.5 Å². The Bertz CT molecular complexity index is 1210. The molecule has 9 nitrogen and oxygen atoms in total. The van der Waals surface area contributed by atoms with Gasteiger partial charge in [0.2, 0.25) is 15.9 Å². The van der Waals surface area contributed by atoms with Gasteiger partial charge in [-0.3, -0.25) is 9.59 Å². The van der Waals surface area contributed by atoms with E-state index >= 15 is 0 Å². The van der Waals surface area contributed by atoms with Crippen molar-refractivity contribution in [2.45, 2.75) is 56.5 Å². The molecule has 37 heavy (non-hydrogen) atoms. The van der Waals surface area contributed by atoms with Crippen molar-refractivity contribution in [2.75, 3.05) is 25.6 Å². The number of amides is 2. The number of carbonyl (C=O) groups excluding carboxylic acids is 2. The second-order valence-electron chi connectivity index (χ2n) is 10.0. The smallest absolute Gasteiger partial charge is 0.251 e. The van der Waals surface area contributed by atoms with Crippen LogP contribution in [0.2, 0.25) is 0 Å². The molecule has 1 atom stereocenters. The lowest BCUT2D eigenvalue weighted by molar-refractivity contribution is -0.118. The van der Waals surface area contributed by atoms with Gasteiger partial charge in [0.1, 0.15) is 22.5 Å². The quantitative estimate of drug-likeness (QED) is 0.452. The minimum atomic E-state index is -3.87. The third kappa shape index (κ3) is 8.24. The van der Waals surface area contributed by atoms with Gasteiger partial charge in [0.05, 0.1) is 7.11 Å². The maximum atomic E-state index is 13.3. The molecule has 1 heterocycles. The van der Waals surface area contributed by atoms with Gasteiger partial charge in [-0.25, -0.2) is 17.5 Å². The number of ether oxygens (including phenoxy) is 2. The second kappa shape index (κ2) is 12.0. The summed E-state index contributed by atoms with van der Waals surface area (Å²) in [5, 5.41) is 5.52. The number of carbonyl (C=O) groups is 2. The van der Waals surface area contributed by atoms with E-state index in [-0.39, 0.29) is 22.1 Å². The molecule has 0 spiro atoms. The molecule has 11 heteroatoms. The summed E-state index contributed by atoms with van der Waals surface area (Å²) in [4.78, 5) is 26.0. The van der Waals surface area contributed by atoms with E-state index in [0.717, 1.165) is 12.8 Å². The van der Waals surface area contributed by atoms with Gasteiger partial charge in [-0.2, -0.15) is 0 Å². The Morgan fingerprint density at radius 2 is 1.76 bits per heavy atom. The molecule has 0 saturated carbocycles. The number of halogens is 1. The fourth-order valence-corrected chi connectivity index (χ4v) is 5.62. The standard InChI is InChI=1S/C26H34FN3O6S/c1-26(2,3)30-37(33,34)23-10-9-20(16-22(23)35-4)28-25(32)21(15-17-11-13-36-14-12-17)29-24(31)18-5-7-19(27)8-6-18/h5-10,16-17,21,30H,11-15H2,1-4H3,(H,28,32)(H,29,31). The number of nitrogens with one attached hydrogen (secondary N) is 3. The minimum Gasteiger partial charge on any atom is -0.495 e. The predicted molar refractivity (Wildman–Crippen MR) is 138 cm³/mol. The van der Waals surface area contributed by atoms with Crippen LogP contribution in [0.3, 0.4) is 0 Å². The third-order valence-corrected chi connectivity index (χ3v) is 7.60. The highest BCUT2D eigenvalue weighted by atomic mass is 32.2. The highest BCUT2D eigenvalue weighted by Gasteiger charge is 2.28. The molecule has 1 aliphatic heterocycles. The molecule has 202 valence electrons. The fraction of sp³-hybridized carbons (Fsp3) is 0.462. The highest BCUT2D eigenvalue weighted by Crippen LogP contribution is 2.29. The molecule has 3 rings (SSSR count). The van der Waals surface area contributed by atoms with E-state index in [1.165, 1.54) is 49.6 Å². The van der Waals surface area contributed by atoms with Gasteiger partial charge in [0.15, 0.2) is 0 Å². The Kier molecular flexibility index (Phi) is 9.27. The number of hydrogen-bond donors (Lipinski definition) is 3.